The van der Waals surface area contributed by atoms with Gasteiger partial charge < -0.3 is 4.74 Å². The molecule has 0 aromatic heterocycles. The summed E-state index contributed by atoms with van der Waals surface area (Å²) in [5.41, 5.74) is 0.528. The summed E-state index contributed by atoms with van der Waals surface area (Å²) in [6.45, 7) is 11.1. The molecule has 0 aliphatic heterocycles. The number of ether oxygens (including phenoxy) is 1. The van der Waals surface area contributed by atoms with E-state index < -0.39 is 0 Å². The van der Waals surface area contributed by atoms with E-state index in [4.69, 9.17) is 4.74 Å². The van der Waals surface area contributed by atoms with Crippen molar-refractivity contribution in [1.29, 1.82) is 0 Å². The first-order valence-corrected chi connectivity index (χ1v) is 6.97. The number of esters is 1. The molecular formula is C15H26O2. The maximum atomic E-state index is 11.8. The average molecular weight is 238 g/mol. The molecule has 0 spiro atoms. The molecule has 3 atom stereocenters. The summed E-state index contributed by atoms with van der Waals surface area (Å²) < 4.78 is 5.76. The van der Waals surface area contributed by atoms with Crippen molar-refractivity contribution in [2.24, 2.45) is 22.7 Å². The van der Waals surface area contributed by atoms with E-state index in [1.165, 1.54) is 12.8 Å². The fraction of sp³-hybridized carbons (Fsp3) is 0.933. The number of rotatable bonds is 3. The molecule has 0 N–H and O–H groups in total. The molecular weight excluding hydrogens is 212 g/mol. The molecule has 2 aliphatic carbocycles. The minimum Gasteiger partial charge on any atom is -0.462 e. The van der Waals surface area contributed by atoms with Gasteiger partial charge in [0, 0.05) is 11.8 Å². The van der Waals surface area contributed by atoms with Crippen molar-refractivity contribution in [2.45, 2.75) is 66.4 Å². The van der Waals surface area contributed by atoms with Crippen LogP contribution in [0.15, 0.2) is 0 Å². The van der Waals surface area contributed by atoms with E-state index in [2.05, 4.69) is 34.6 Å². The summed E-state index contributed by atoms with van der Waals surface area (Å²) in [7, 11) is 0. The molecule has 0 saturated heterocycles. The molecule has 2 heteroatoms. The quantitative estimate of drug-likeness (QED) is 0.699. The highest BCUT2D eigenvalue weighted by Gasteiger charge is 2.62. The number of hydrogen-bond donors (Lipinski definition) is 0. The lowest BCUT2D eigenvalue weighted by molar-refractivity contribution is -0.157. The van der Waals surface area contributed by atoms with Gasteiger partial charge in [-0.2, -0.15) is 0 Å². The van der Waals surface area contributed by atoms with Gasteiger partial charge >= 0.3 is 5.97 Å². The number of hydrogen-bond acceptors (Lipinski definition) is 2. The lowest BCUT2D eigenvalue weighted by Crippen LogP contribution is -2.38. The summed E-state index contributed by atoms with van der Waals surface area (Å²) in [5, 5.41) is 0. The Balaban J connectivity index is 2.03. The molecule has 2 rings (SSSR count). The molecule has 2 fully saturated rings. The summed E-state index contributed by atoms with van der Waals surface area (Å²) >= 11 is 0. The highest BCUT2D eigenvalue weighted by molar-refractivity contribution is 5.70. The van der Waals surface area contributed by atoms with Gasteiger partial charge in [0.1, 0.15) is 6.10 Å². The summed E-state index contributed by atoms with van der Waals surface area (Å²) in [5.74, 6) is 1.13. The van der Waals surface area contributed by atoms with Crippen LogP contribution in [0, 0.1) is 22.7 Å². The minimum absolute atomic E-state index is 0.00502. The van der Waals surface area contributed by atoms with Crippen molar-refractivity contribution in [3.05, 3.63) is 0 Å². The smallest absolute Gasteiger partial charge is 0.306 e. The SMILES string of the molecule is CC(C)CC(=O)O[C@H]1C[C@H]2CC[C@@]1(C)C2(C)C. The molecule has 0 heterocycles. The van der Waals surface area contributed by atoms with Crippen LogP contribution in [0.25, 0.3) is 0 Å². The van der Waals surface area contributed by atoms with E-state index in [-0.39, 0.29) is 17.5 Å². The zero-order valence-electron chi connectivity index (χ0n) is 11.9. The fourth-order valence-corrected chi connectivity index (χ4v) is 3.85. The van der Waals surface area contributed by atoms with Gasteiger partial charge in [-0.25, -0.2) is 0 Å². The van der Waals surface area contributed by atoms with Gasteiger partial charge in [0.25, 0.3) is 0 Å². The predicted octanol–water partition coefficient (Wildman–Crippen LogP) is 3.79. The van der Waals surface area contributed by atoms with Gasteiger partial charge in [-0.1, -0.05) is 34.6 Å². The Kier molecular flexibility index (Phi) is 3.04. The van der Waals surface area contributed by atoms with Gasteiger partial charge in [-0.3, -0.25) is 4.79 Å². The molecule has 0 amide bonds. The largest absolute Gasteiger partial charge is 0.462 e. The van der Waals surface area contributed by atoms with Crippen LogP contribution in [-0.4, -0.2) is 12.1 Å². The second-order valence-corrected chi connectivity index (χ2v) is 7.19. The standard InChI is InChI=1S/C15H26O2/c1-10(2)8-13(16)17-12-9-11-6-7-15(12,5)14(11,3)4/h10-12H,6-9H2,1-5H3/t11-,12+,15-/m1/s1. The van der Waals surface area contributed by atoms with E-state index in [0.717, 1.165) is 12.3 Å². The van der Waals surface area contributed by atoms with E-state index in [9.17, 15) is 4.79 Å². The molecule has 17 heavy (non-hydrogen) atoms. The van der Waals surface area contributed by atoms with E-state index >= 15 is 0 Å². The Bertz CT molecular complexity index is 319. The third kappa shape index (κ3) is 1.90. The van der Waals surface area contributed by atoms with Crippen molar-refractivity contribution < 1.29 is 9.53 Å². The molecule has 98 valence electrons. The van der Waals surface area contributed by atoms with Crippen LogP contribution < -0.4 is 0 Å². The molecule has 0 radical (unpaired) electrons. The summed E-state index contributed by atoms with van der Waals surface area (Å²) in [6.07, 6.45) is 4.30. The molecule has 2 saturated carbocycles. The average Bonchev–Trinajstić information content (AvgIpc) is 2.49. The predicted molar refractivity (Wildman–Crippen MR) is 68.6 cm³/mol. The van der Waals surface area contributed by atoms with Gasteiger partial charge in [0.2, 0.25) is 0 Å². The topological polar surface area (TPSA) is 26.3 Å². The second kappa shape index (κ2) is 4.00. The van der Waals surface area contributed by atoms with Crippen LogP contribution in [0.2, 0.25) is 0 Å². The number of carbonyl (C=O) groups excluding carboxylic acids is 1. The van der Waals surface area contributed by atoms with E-state index in [1.807, 2.05) is 0 Å². The Hall–Kier alpha value is -0.530. The zero-order chi connectivity index (χ0) is 12.8. The minimum atomic E-state index is -0.00502. The first kappa shape index (κ1) is 12.9. The van der Waals surface area contributed by atoms with Crippen molar-refractivity contribution >= 4 is 5.97 Å². The van der Waals surface area contributed by atoms with Gasteiger partial charge in [-0.15, -0.1) is 0 Å². The Morgan fingerprint density at radius 3 is 2.41 bits per heavy atom. The van der Waals surface area contributed by atoms with Gasteiger partial charge in [-0.05, 0) is 36.5 Å². The maximum absolute atomic E-state index is 11.8. The third-order valence-electron chi connectivity index (χ3n) is 5.56. The normalized spacial score (nSPS) is 38.7. The molecule has 2 nitrogen and oxygen atoms in total. The Labute approximate surface area is 105 Å². The van der Waals surface area contributed by atoms with Crippen LogP contribution in [-0.2, 0) is 9.53 Å². The zero-order valence-corrected chi connectivity index (χ0v) is 11.9. The highest BCUT2D eigenvalue weighted by Crippen LogP contribution is 2.66. The molecule has 2 bridgehead atoms. The Morgan fingerprint density at radius 1 is 1.35 bits per heavy atom. The number of fused-ring (bicyclic) bond motifs is 2. The summed E-state index contributed by atoms with van der Waals surface area (Å²) in [4.78, 5) is 11.8. The molecule has 2 aliphatic rings. The lowest BCUT2D eigenvalue weighted by atomic mass is 9.70. The first-order chi connectivity index (χ1) is 7.77. The maximum Gasteiger partial charge on any atom is 0.306 e. The molecule has 0 aromatic carbocycles. The summed E-state index contributed by atoms with van der Waals surface area (Å²) in [6, 6.07) is 0. The first-order valence-electron chi connectivity index (χ1n) is 6.97. The van der Waals surface area contributed by atoms with Crippen LogP contribution in [0.4, 0.5) is 0 Å². The third-order valence-corrected chi connectivity index (χ3v) is 5.56. The van der Waals surface area contributed by atoms with Crippen LogP contribution in [0.1, 0.15) is 60.3 Å². The van der Waals surface area contributed by atoms with E-state index in [0.29, 0.717) is 17.8 Å². The fourth-order valence-electron chi connectivity index (χ4n) is 3.85. The lowest BCUT2D eigenvalue weighted by Gasteiger charge is -2.38. The Morgan fingerprint density at radius 2 is 2.00 bits per heavy atom. The molecule has 0 aromatic rings. The van der Waals surface area contributed by atoms with Crippen molar-refractivity contribution in [3.63, 3.8) is 0 Å². The van der Waals surface area contributed by atoms with E-state index in [1.54, 1.807) is 0 Å². The van der Waals surface area contributed by atoms with Gasteiger partial charge in [0.15, 0.2) is 0 Å². The highest BCUT2D eigenvalue weighted by atomic mass is 16.5. The monoisotopic (exact) mass is 238 g/mol. The second-order valence-electron chi connectivity index (χ2n) is 7.19. The van der Waals surface area contributed by atoms with Gasteiger partial charge in [0.05, 0.1) is 0 Å². The van der Waals surface area contributed by atoms with Crippen molar-refractivity contribution in [1.82, 2.24) is 0 Å². The number of carbonyl (C=O) groups is 1. The molecule has 0 unspecified atom stereocenters. The van der Waals surface area contributed by atoms with Crippen LogP contribution >= 0.6 is 0 Å². The van der Waals surface area contributed by atoms with Crippen LogP contribution in [0.5, 0.6) is 0 Å². The van der Waals surface area contributed by atoms with Crippen molar-refractivity contribution in [2.75, 3.05) is 0 Å². The van der Waals surface area contributed by atoms with Crippen LogP contribution in [0.3, 0.4) is 0 Å². The van der Waals surface area contributed by atoms with Crippen molar-refractivity contribution in [3.8, 4) is 0 Å².